The molecule has 0 atom stereocenters. The van der Waals surface area contributed by atoms with Gasteiger partial charge in [-0.25, -0.2) is 19.9 Å². The number of hydrogen-bond donors (Lipinski definition) is 3. The molecule has 0 saturated heterocycles. The Bertz CT molecular complexity index is 1150. The van der Waals surface area contributed by atoms with E-state index in [-0.39, 0.29) is 27.7 Å². The molecule has 192 valence electrons. The van der Waals surface area contributed by atoms with Crippen molar-refractivity contribution in [2.45, 2.75) is 44.8 Å². The van der Waals surface area contributed by atoms with Crippen molar-refractivity contribution in [1.82, 2.24) is 25.3 Å². The fraction of sp³-hybridized carbons (Fsp3) is 0.435. The monoisotopic (exact) mass is 520 g/mol. The predicted molar refractivity (Wildman–Crippen MR) is 133 cm³/mol. The molecular formula is C23H27F3N8OS. The molecule has 9 nitrogen and oxygen atoms in total. The van der Waals surface area contributed by atoms with Gasteiger partial charge in [0.15, 0.2) is 10.8 Å². The average Bonchev–Trinajstić information content (AvgIpc) is 3.53. The van der Waals surface area contributed by atoms with E-state index in [0.717, 1.165) is 49.3 Å². The average molecular weight is 521 g/mol. The molecule has 0 unspecified atom stereocenters. The Morgan fingerprint density at radius 3 is 2.64 bits per heavy atom. The Morgan fingerprint density at radius 1 is 1.17 bits per heavy atom. The fourth-order valence-corrected chi connectivity index (χ4v) is 5.06. The van der Waals surface area contributed by atoms with Crippen LogP contribution in [0.25, 0.3) is 10.6 Å². The van der Waals surface area contributed by atoms with Crippen LogP contribution in [0.3, 0.4) is 0 Å². The SMILES string of the molecule is CCN(CCNC=O)c1ccc(Nc2nccc(-c3sc(NC4CCCC4)nc3C(F)(F)F)n2)nc1. The van der Waals surface area contributed by atoms with Gasteiger partial charge in [0.1, 0.15) is 5.82 Å². The second-order valence-corrected chi connectivity index (χ2v) is 9.26. The molecule has 0 spiro atoms. The van der Waals surface area contributed by atoms with Crippen LogP contribution in [0.2, 0.25) is 0 Å². The van der Waals surface area contributed by atoms with Crippen molar-refractivity contribution in [2.24, 2.45) is 0 Å². The summed E-state index contributed by atoms with van der Waals surface area (Å²) in [6.07, 6.45) is 3.10. The van der Waals surface area contributed by atoms with E-state index in [1.54, 1.807) is 12.3 Å². The van der Waals surface area contributed by atoms with Gasteiger partial charge < -0.3 is 20.9 Å². The lowest BCUT2D eigenvalue weighted by Gasteiger charge is -2.22. The standard InChI is InChI=1S/C23H27F3N8OS/c1-2-34(12-11-27-14-35)16-7-8-18(29-13-16)32-21-28-10-9-17(31-21)19-20(23(24,25)26)33-22(36-19)30-15-5-3-4-6-15/h7-10,13-15H,2-6,11-12H2,1H3,(H,27,35)(H,30,33)(H,28,29,31,32). The molecule has 3 heterocycles. The van der Waals surface area contributed by atoms with Gasteiger partial charge in [0.25, 0.3) is 0 Å². The Labute approximate surface area is 210 Å². The van der Waals surface area contributed by atoms with Crippen molar-refractivity contribution < 1.29 is 18.0 Å². The third-order valence-electron chi connectivity index (χ3n) is 5.81. The molecule has 1 fully saturated rings. The maximum atomic E-state index is 13.8. The number of hydrogen-bond acceptors (Lipinski definition) is 9. The van der Waals surface area contributed by atoms with Gasteiger partial charge in [-0.05, 0) is 38.0 Å². The van der Waals surface area contributed by atoms with Gasteiger partial charge in [-0.15, -0.1) is 0 Å². The van der Waals surface area contributed by atoms with E-state index < -0.39 is 11.9 Å². The Kier molecular flexibility index (Phi) is 8.18. The second kappa shape index (κ2) is 11.5. The molecule has 3 aromatic heterocycles. The van der Waals surface area contributed by atoms with Gasteiger partial charge in [-0.2, -0.15) is 13.2 Å². The first-order valence-corrected chi connectivity index (χ1v) is 12.5. The van der Waals surface area contributed by atoms with E-state index in [1.165, 1.54) is 12.3 Å². The summed E-state index contributed by atoms with van der Waals surface area (Å²) < 4.78 is 41.3. The fourth-order valence-electron chi connectivity index (χ4n) is 4.03. The van der Waals surface area contributed by atoms with Crippen LogP contribution in [-0.4, -0.2) is 52.0 Å². The first-order chi connectivity index (χ1) is 17.4. The van der Waals surface area contributed by atoms with Crippen molar-refractivity contribution in [3.8, 4) is 10.6 Å². The minimum atomic E-state index is -4.61. The van der Waals surface area contributed by atoms with Crippen LogP contribution < -0.4 is 20.9 Å². The third-order valence-corrected chi connectivity index (χ3v) is 6.82. The topological polar surface area (TPSA) is 108 Å². The summed E-state index contributed by atoms with van der Waals surface area (Å²) in [5, 5.41) is 8.97. The maximum Gasteiger partial charge on any atom is 0.434 e. The van der Waals surface area contributed by atoms with Crippen molar-refractivity contribution in [3.63, 3.8) is 0 Å². The van der Waals surface area contributed by atoms with E-state index in [1.807, 2.05) is 17.9 Å². The van der Waals surface area contributed by atoms with E-state index >= 15 is 0 Å². The number of nitrogens with zero attached hydrogens (tertiary/aromatic N) is 5. The van der Waals surface area contributed by atoms with Gasteiger partial charge in [0, 0.05) is 31.9 Å². The molecule has 0 aromatic carbocycles. The number of likely N-dealkylation sites (N-methyl/N-ethyl adjacent to an activating group) is 1. The van der Waals surface area contributed by atoms with Crippen LogP contribution in [0, 0.1) is 0 Å². The molecule has 1 aliphatic rings. The number of halogens is 3. The van der Waals surface area contributed by atoms with Gasteiger partial charge in [0.05, 0.1) is 22.5 Å². The van der Waals surface area contributed by atoms with Gasteiger partial charge in [0.2, 0.25) is 12.4 Å². The number of carbonyl (C=O) groups is 1. The highest BCUT2D eigenvalue weighted by Crippen LogP contribution is 2.42. The quantitative estimate of drug-likeness (QED) is 0.247. The summed E-state index contributed by atoms with van der Waals surface area (Å²) in [4.78, 5) is 29.1. The van der Waals surface area contributed by atoms with Gasteiger partial charge in [-0.1, -0.05) is 24.2 Å². The molecule has 1 saturated carbocycles. The summed E-state index contributed by atoms with van der Waals surface area (Å²) in [5.74, 6) is 0.573. The molecule has 0 bridgehead atoms. The zero-order valence-corrected chi connectivity index (χ0v) is 20.5. The van der Waals surface area contributed by atoms with E-state index in [2.05, 4.69) is 35.9 Å². The van der Waals surface area contributed by atoms with Crippen LogP contribution in [0.15, 0.2) is 30.6 Å². The molecule has 0 aliphatic heterocycles. The predicted octanol–water partition coefficient (Wildman–Crippen LogP) is 4.68. The normalized spacial score (nSPS) is 14.0. The number of rotatable bonds is 11. The lowest BCUT2D eigenvalue weighted by atomic mass is 10.2. The molecule has 3 N–H and O–H groups in total. The highest BCUT2D eigenvalue weighted by Gasteiger charge is 2.38. The maximum absolute atomic E-state index is 13.8. The lowest BCUT2D eigenvalue weighted by Crippen LogP contribution is -2.31. The molecule has 3 aromatic rings. The number of amides is 1. The van der Waals surface area contributed by atoms with E-state index in [9.17, 15) is 18.0 Å². The Balaban J connectivity index is 1.51. The molecule has 0 radical (unpaired) electrons. The van der Waals surface area contributed by atoms with Crippen LogP contribution in [0.5, 0.6) is 0 Å². The van der Waals surface area contributed by atoms with E-state index in [4.69, 9.17) is 0 Å². The van der Waals surface area contributed by atoms with Crippen LogP contribution in [0.1, 0.15) is 38.3 Å². The summed E-state index contributed by atoms with van der Waals surface area (Å²) in [5.41, 5.74) is 0.0456. The van der Waals surface area contributed by atoms with Gasteiger partial charge in [-0.3, -0.25) is 4.79 Å². The molecular weight excluding hydrogens is 493 g/mol. The highest BCUT2D eigenvalue weighted by atomic mass is 32.1. The number of pyridine rings is 1. The number of alkyl halides is 3. The smallest absolute Gasteiger partial charge is 0.369 e. The molecule has 1 amide bonds. The largest absolute Gasteiger partial charge is 0.434 e. The third kappa shape index (κ3) is 6.39. The summed E-state index contributed by atoms with van der Waals surface area (Å²) in [6, 6.07) is 5.18. The number of thiazole rings is 1. The zero-order chi connectivity index (χ0) is 25.5. The minimum Gasteiger partial charge on any atom is -0.369 e. The van der Waals surface area contributed by atoms with Gasteiger partial charge >= 0.3 is 6.18 Å². The molecule has 13 heteroatoms. The minimum absolute atomic E-state index is 0.0562. The number of nitrogens with one attached hydrogen (secondary N) is 3. The van der Waals surface area contributed by atoms with Crippen LogP contribution in [-0.2, 0) is 11.0 Å². The zero-order valence-electron chi connectivity index (χ0n) is 19.7. The summed E-state index contributed by atoms with van der Waals surface area (Å²) >= 11 is 0.949. The lowest BCUT2D eigenvalue weighted by molar-refractivity contribution is -0.140. The second-order valence-electron chi connectivity index (χ2n) is 8.26. The highest BCUT2D eigenvalue weighted by molar-refractivity contribution is 7.19. The van der Waals surface area contributed by atoms with Crippen molar-refractivity contribution in [3.05, 3.63) is 36.3 Å². The summed E-state index contributed by atoms with van der Waals surface area (Å²) in [7, 11) is 0. The van der Waals surface area contributed by atoms with Crippen molar-refractivity contribution >= 4 is 40.3 Å². The number of anilines is 4. The first-order valence-electron chi connectivity index (χ1n) is 11.7. The first kappa shape index (κ1) is 25.6. The van der Waals surface area contributed by atoms with Crippen molar-refractivity contribution in [1.29, 1.82) is 0 Å². The summed E-state index contributed by atoms with van der Waals surface area (Å²) in [6.45, 7) is 3.86. The van der Waals surface area contributed by atoms with Crippen molar-refractivity contribution in [2.75, 3.05) is 35.2 Å². The van der Waals surface area contributed by atoms with E-state index in [0.29, 0.717) is 25.3 Å². The van der Waals surface area contributed by atoms with Crippen LogP contribution in [0.4, 0.5) is 35.8 Å². The van der Waals surface area contributed by atoms with Crippen LogP contribution >= 0.6 is 11.3 Å². The molecule has 4 rings (SSSR count). The Hall–Kier alpha value is -3.48. The Morgan fingerprint density at radius 2 is 1.97 bits per heavy atom. The molecule has 36 heavy (non-hydrogen) atoms. The number of aromatic nitrogens is 4. The number of carbonyl (C=O) groups excluding carboxylic acids is 1. The molecule has 1 aliphatic carbocycles.